The number of benzene rings is 1. The van der Waals surface area contributed by atoms with Gasteiger partial charge in [-0.05, 0) is 36.6 Å². The monoisotopic (exact) mass is 247 g/mol. The first kappa shape index (κ1) is 12.3. The Labute approximate surface area is 106 Å². The average molecular weight is 247 g/mol. The standard InChI is InChI=1S/C14H17NOS/c1-3-15-14(12-8-9-16-10-12)11-4-6-13(17-2)7-5-11/h4-10,14-15H,3H2,1-2H3. The molecule has 0 spiro atoms. The van der Waals surface area contributed by atoms with Crippen molar-refractivity contribution in [1.29, 1.82) is 0 Å². The third kappa shape index (κ3) is 2.93. The molecule has 0 aliphatic carbocycles. The molecule has 1 atom stereocenters. The van der Waals surface area contributed by atoms with Crippen LogP contribution in [0.2, 0.25) is 0 Å². The van der Waals surface area contributed by atoms with Crippen molar-refractivity contribution in [1.82, 2.24) is 5.32 Å². The largest absolute Gasteiger partial charge is 0.472 e. The summed E-state index contributed by atoms with van der Waals surface area (Å²) in [4.78, 5) is 1.29. The van der Waals surface area contributed by atoms with Gasteiger partial charge in [-0.15, -0.1) is 11.8 Å². The molecular weight excluding hydrogens is 230 g/mol. The zero-order valence-electron chi connectivity index (χ0n) is 10.1. The summed E-state index contributed by atoms with van der Waals surface area (Å²) in [5, 5.41) is 3.47. The number of hydrogen-bond donors (Lipinski definition) is 1. The van der Waals surface area contributed by atoms with E-state index in [2.05, 4.69) is 42.8 Å². The van der Waals surface area contributed by atoms with E-state index in [0.29, 0.717) is 0 Å². The van der Waals surface area contributed by atoms with Gasteiger partial charge in [-0.3, -0.25) is 0 Å². The Morgan fingerprint density at radius 2 is 1.94 bits per heavy atom. The van der Waals surface area contributed by atoms with Crippen LogP contribution in [0.3, 0.4) is 0 Å². The normalized spacial score (nSPS) is 12.6. The smallest absolute Gasteiger partial charge is 0.0953 e. The van der Waals surface area contributed by atoms with Gasteiger partial charge in [0.05, 0.1) is 18.6 Å². The minimum Gasteiger partial charge on any atom is -0.472 e. The molecule has 17 heavy (non-hydrogen) atoms. The van der Waals surface area contributed by atoms with E-state index in [0.717, 1.165) is 6.54 Å². The summed E-state index contributed by atoms with van der Waals surface area (Å²) < 4.78 is 5.16. The van der Waals surface area contributed by atoms with Gasteiger partial charge in [-0.25, -0.2) is 0 Å². The van der Waals surface area contributed by atoms with Crippen LogP contribution in [-0.4, -0.2) is 12.8 Å². The van der Waals surface area contributed by atoms with E-state index >= 15 is 0 Å². The van der Waals surface area contributed by atoms with E-state index in [4.69, 9.17) is 4.42 Å². The van der Waals surface area contributed by atoms with E-state index < -0.39 is 0 Å². The van der Waals surface area contributed by atoms with E-state index in [1.807, 2.05) is 6.07 Å². The second-order valence-electron chi connectivity index (χ2n) is 3.82. The van der Waals surface area contributed by atoms with Crippen molar-refractivity contribution in [2.45, 2.75) is 17.9 Å². The molecule has 0 amide bonds. The Balaban J connectivity index is 2.26. The molecule has 1 unspecified atom stereocenters. The maximum atomic E-state index is 5.16. The molecule has 0 fully saturated rings. The quantitative estimate of drug-likeness (QED) is 0.816. The third-order valence-electron chi connectivity index (χ3n) is 2.73. The van der Waals surface area contributed by atoms with Crippen LogP contribution in [0.5, 0.6) is 0 Å². The molecule has 1 N–H and O–H groups in total. The second-order valence-corrected chi connectivity index (χ2v) is 4.70. The molecule has 2 nitrogen and oxygen atoms in total. The van der Waals surface area contributed by atoms with Crippen LogP contribution in [0, 0.1) is 0 Å². The number of furan rings is 1. The third-order valence-corrected chi connectivity index (χ3v) is 3.48. The molecule has 90 valence electrons. The molecule has 0 radical (unpaired) electrons. The average Bonchev–Trinajstić information content (AvgIpc) is 2.90. The van der Waals surface area contributed by atoms with Crippen molar-refractivity contribution in [3.8, 4) is 0 Å². The van der Waals surface area contributed by atoms with Crippen molar-refractivity contribution in [2.75, 3.05) is 12.8 Å². The van der Waals surface area contributed by atoms with Crippen LogP contribution < -0.4 is 5.32 Å². The number of thioether (sulfide) groups is 1. The van der Waals surface area contributed by atoms with Gasteiger partial charge >= 0.3 is 0 Å². The Hall–Kier alpha value is -1.19. The van der Waals surface area contributed by atoms with Gasteiger partial charge in [0.15, 0.2) is 0 Å². The molecule has 0 bridgehead atoms. The van der Waals surface area contributed by atoms with Gasteiger partial charge in [-0.1, -0.05) is 19.1 Å². The molecule has 1 aromatic heterocycles. The van der Waals surface area contributed by atoms with Crippen LogP contribution in [-0.2, 0) is 0 Å². The molecule has 0 saturated heterocycles. The van der Waals surface area contributed by atoms with Gasteiger partial charge in [-0.2, -0.15) is 0 Å². The molecule has 0 aliphatic rings. The summed E-state index contributed by atoms with van der Waals surface area (Å²) in [5.74, 6) is 0. The van der Waals surface area contributed by atoms with Gasteiger partial charge < -0.3 is 9.73 Å². The van der Waals surface area contributed by atoms with Gasteiger partial charge in [0.25, 0.3) is 0 Å². The van der Waals surface area contributed by atoms with Crippen molar-refractivity contribution in [3.63, 3.8) is 0 Å². The molecule has 0 saturated carbocycles. The summed E-state index contributed by atoms with van der Waals surface area (Å²) in [6, 6.07) is 10.9. The first-order chi connectivity index (χ1) is 8.35. The van der Waals surface area contributed by atoms with Crippen molar-refractivity contribution < 1.29 is 4.42 Å². The van der Waals surface area contributed by atoms with Crippen LogP contribution in [0.25, 0.3) is 0 Å². The van der Waals surface area contributed by atoms with Crippen LogP contribution in [0.1, 0.15) is 24.1 Å². The van der Waals surface area contributed by atoms with Crippen LogP contribution in [0.15, 0.2) is 52.2 Å². The van der Waals surface area contributed by atoms with Crippen molar-refractivity contribution in [3.05, 3.63) is 54.0 Å². The number of nitrogens with one attached hydrogen (secondary N) is 1. The second kappa shape index (κ2) is 5.94. The maximum absolute atomic E-state index is 5.16. The molecular formula is C14H17NOS. The Kier molecular flexibility index (Phi) is 4.29. The fourth-order valence-electron chi connectivity index (χ4n) is 1.87. The first-order valence-electron chi connectivity index (χ1n) is 5.74. The number of rotatable bonds is 5. The molecule has 1 heterocycles. The molecule has 2 rings (SSSR count). The fourth-order valence-corrected chi connectivity index (χ4v) is 2.28. The van der Waals surface area contributed by atoms with Gasteiger partial charge in [0, 0.05) is 10.5 Å². The Morgan fingerprint density at radius 3 is 2.47 bits per heavy atom. The zero-order valence-corrected chi connectivity index (χ0v) is 11.0. The van der Waals surface area contributed by atoms with Crippen LogP contribution >= 0.6 is 11.8 Å². The highest BCUT2D eigenvalue weighted by Crippen LogP contribution is 2.24. The lowest BCUT2D eigenvalue weighted by Gasteiger charge is -2.17. The SMILES string of the molecule is CCNC(c1ccc(SC)cc1)c1ccoc1. The lowest BCUT2D eigenvalue weighted by Crippen LogP contribution is -2.21. The summed E-state index contributed by atoms with van der Waals surface area (Å²) in [5.41, 5.74) is 2.44. The predicted octanol–water partition coefficient (Wildman–Crippen LogP) is 3.70. The lowest BCUT2D eigenvalue weighted by atomic mass is 10.0. The van der Waals surface area contributed by atoms with Gasteiger partial charge in [0.1, 0.15) is 0 Å². The minimum atomic E-state index is 0.217. The lowest BCUT2D eigenvalue weighted by molar-refractivity contribution is 0.553. The van der Waals surface area contributed by atoms with E-state index in [9.17, 15) is 0 Å². The van der Waals surface area contributed by atoms with E-state index in [1.54, 1.807) is 24.3 Å². The highest BCUT2D eigenvalue weighted by Gasteiger charge is 2.13. The molecule has 2 aromatic rings. The summed E-state index contributed by atoms with van der Waals surface area (Å²) in [6.45, 7) is 3.05. The fraction of sp³-hybridized carbons (Fsp3) is 0.286. The highest BCUT2D eigenvalue weighted by atomic mass is 32.2. The van der Waals surface area contributed by atoms with Crippen molar-refractivity contribution >= 4 is 11.8 Å². The van der Waals surface area contributed by atoms with Crippen molar-refractivity contribution in [2.24, 2.45) is 0 Å². The Bertz CT molecular complexity index is 436. The van der Waals surface area contributed by atoms with E-state index in [1.165, 1.54) is 16.0 Å². The van der Waals surface area contributed by atoms with E-state index in [-0.39, 0.29) is 6.04 Å². The molecule has 0 aliphatic heterocycles. The zero-order chi connectivity index (χ0) is 12.1. The highest BCUT2D eigenvalue weighted by molar-refractivity contribution is 7.98. The topological polar surface area (TPSA) is 25.2 Å². The van der Waals surface area contributed by atoms with Gasteiger partial charge in [0.2, 0.25) is 0 Å². The first-order valence-corrected chi connectivity index (χ1v) is 6.97. The Morgan fingerprint density at radius 1 is 1.18 bits per heavy atom. The summed E-state index contributed by atoms with van der Waals surface area (Å²) in [6.07, 6.45) is 5.61. The maximum Gasteiger partial charge on any atom is 0.0953 e. The predicted molar refractivity (Wildman–Crippen MR) is 72.5 cm³/mol. The summed E-state index contributed by atoms with van der Waals surface area (Å²) >= 11 is 1.76. The summed E-state index contributed by atoms with van der Waals surface area (Å²) in [7, 11) is 0. The van der Waals surface area contributed by atoms with Crippen LogP contribution in [0.4, 0.5) is 0 Å². The number of hydrogen-bond acceptors (Lipinski definition) is 3. The minimum absolute atomic E-state index is 0.217. The molecule has 1 aromatic carbocycles. The molecule has 3 heteroatoms.